The summed E-state index contributed by atoms with van der Waals surface area (Å²) in [5.74, 6) is -1.65. The van der Waals surface area contributed by atoms with Crippen molar-refractivity contribution < 1.29 is 23.5 Å². The van der Waals surface area contributed by atoms with Crippen molar-refractivity contribution in [3.8, 4) is 0 Å². The number of rotatable bonds is 5. The number of carbonyl (C=O) groups is 2. The van der Waals surface area contributed by atoms with Gasteiger partial charge in [0.15, 0.2) is 0 Å². The first-order chi connectivity index (χ1) is 11.4. The zero-order chi connectivity index (χ0) is 17.1. The first kappa shape index (κ1) is 15.5. The van der Waals surface area contributed by atoms with E-state index in [0.717, 1.165) is 42.7 Å². The second kappa shape index (κ2) is 5.24. The van der Waals surface area contributed by atoms with Crippen LogP contribution in [0.3, 0.4) is 0 Å². The molecule has 1 atom stereocenters. The molecule has 0 aromatic heterocycles. The fraction of sp³-hybridized carbons (Fsp3) is 0.529. The molecule has 3 fully saturated rings. The Morgan fingerprint density at radius 2 is 1.83 bits per heavy atom. The highest BCUT2D eigenvalue weighted by Gasteiger charge is 2.65. The third kappa shape index (κ3) is 2.30. The topological polar surface area (TPSA) is 69.6 Å². The van der Waals surface area contributed by atoms with E-state index in [2.05, 4.69) is 5.32 Å². The van der Waals surface area contributed by atoms with Crippen LogP contribution in [-0.2, 0) is 4.79 Å². The van der Waals surface area contributed by atoms with Gasteiger partial charge < -0.3 is 10.4 Å². The van der Waals surface area contributed by atoms with Crippen LogP contribution >= 0.6 is 0 Å². The molecule has 3 amide bonds. The van der Waals surface area contributed by atoms with Crippen molar-refractivity contribution >= 4 is 11.9 Å². The molecule has 2 saturated carbocycles. The Hall–Kier alpha value is -2.02. The number of nitrogens with one attached hydrogen (secondary N) is 1. The van der Waals surface area contributed by atoms with Gasteiger partial charge in [-0.2, -0.15) is 0 Å². The third-order valence-electron chi connectivity index (χ3n) is 5.28. The van der Waals surface area contributed by atoms with E-state index >= 15 is 0 Å². The second-order valence-electron chi connectivity index (χ2n) is 6.95. The van der Waals surface area contributed by atoms with Crippen molar-refractivity contribution in [2.45, 2.75) is 37.3 Å². The maximum absolute atomic E-state index is 13.8. The molecule has 128 valence electrons. The fourth-order valence-electron chi connectivity index (χ4n) is 3.79. The highest BCUT2D eigenvalue weighted by molar-refractivity contribution is 6.08. The molecule has 4 rings (SSSR count). The number of aliphatic hydroxyl groups excluding tert-OH is 1. The minimum atomic E-state index is -1.39. The van der Waals surface area contributed by atoms with Gasteiger partial charge in [-0.25, -0.2) is 13.6 Å². The van der Waals surface area contributed by atoms with Gasteiger partial charge in [-0.3, -0.25) is 9.69 Å². The van der Waals surface area contributed by atoms with Crippen LogP contribution < -0.4 is 5.32 Å². The summed E-state index contributed by atoms with van der Waals surface area (Å²) in [6, 6.07) is 2.29. The summed E-state index contributed by atoms with van der Waals surface area (Å²) in [5.41, 5.74) is -0.967. The normalized spacial score (nSPS) is 24.2. The first-order valence-corrected chi connectivity index (χ1v) is 8.20. The highest BCUT2D eigenvalue weighted by atomic mass is 19.1. The van der Waals surface area contributed by atoms with E-state index < -0.39 is 29.3 Å². The van der Waals surface area contributed by atoms with E-state index in [1.54, 1.807) is 0 Å². The third-order valence-corrected chi connectivity index (χ3v) is 5.28. The number of benzene rings is 1. The van der Waals surface area contributed by atoms with Gasteiger partial charge in [0.05, 0.1) is 12.6 Å². The van der Waals surface area contributed by atoms with Crippen LogP contribution in [-0.4, -0.2) is 34.0 Å². The maximum Gasteiger partial charge on any atom is 0.325 e. The molecule has 24 heavy (non-hydrogen) atoms. The van der Waals surface area contributed by atoms with Gasteiger partial charge in [-0.15, -0.1) is 0 Å². The summed E-state index contributed by atoms with van der Waals surface area (Å²) >= 11 is 0. The van der Waals surface area contributed by atoms with Crippen molar-refractivity contribution in [1.82, 2.24) is 10.2 Å². The predicted molar refractivity (Wildman–Crippen MR) is 79.7 cm³/mol. The van der Waals surface area contributed by atoms with Gasteiger partial charge in [-0.05, 0) is 43.6 Å². The number of β-amino-alcohol motifs (C(OH)–C–C–N with tert-alkyl or cyclic N) is 1. The minimum absolute atomic E-state index is 0.132. The molecule has 2 aliphatic carbocycles. The smallest absolute Gasteiger partial charge is 0.325 e. The van der Waals surface area contributed by atoms with Crippen LogP contribution in [0.25, 0.3) is 0 Å². The lowest BCUT2D eigenvalue weighted by Crippen LogP contribution is -2.51. The number of carbonyl (C=O) groups excluding carboxylic acids is 2. The lowest BCUT2D eigenvalue weighted by molar-refractivity contribution is -0.133. The van der Waals surface area contributed by atoms with E-state index in [-0.39, 0.29) is 29.9 Å². The SMILES string of the molecule is O=C1NC(C2CC2)(C2CC2)C(=O)N1CC(O)c1ccc(F)cc1F. The molecule has 1 aromatic carbocycles. The quantitative estimate of drug-likeness (QED) is 0.809. The number of amides is 3. The summed E-state index contributed by atoms with van der Waals surface area (Å²) in [6.07, 6.45) is 2.24. The van der Waals surface area contributed by atoms with E-state index in [1.165, 1.54) is 0 Å². The van der Waals surface area contributed by atoms with Gasteiger partial charge in [0, 0.05) is 11.6 Å². The molecule has 7 heteroatoms. The average Bonchev–Trinajstić information content (AvgIpc) is 3.42. The van der Waals surface area contributed by atoms with Crippen LogP contribution in [0, 0.1) is 23.5 Å². The van der Waals surface area contributed by atoms with E-state index in [0.29, 0.717) is 6.07 Å². The Kier molecular flexibility index (Phi) is 3.38. The molecule has 1 unspecified atom stereocenters. The molecule has 1 heterocycles. The number of hydrogen-bond acceptors (Lipinski definition) is 3. The fourth-order valence-corrected chi connectivity index (χ4v) is 3.79. The number of halogens is 2. The zero-order valence-electron chi connectivity index (χ0n) is 13.0. The summed E-state index contributed by atoms with van der Waals surface area (Å²) in [6.45, 7) is -0.339. The van der Waals surface area contributed by atoms with Gasteiger partial charge in [0.25, 0.3) is 5.91 Å². The van der Waals surface area contributed by atoms with Gasteiger partial charge in [0.1, 0.15) is 17.2 Å². The van der Waals surface area contributed by atoms with E-state index in [1.807, 2.05) is 0 Å². The highest BCUT2D eigenvalue weighted by Crippen LogP contribution is 2.54. The Morgan fingerprint density at radius 1 is 1.21 bits per heavy atom. The molecular formula is C17H18F2N2O3. The summed E-state index contributed by atoms with van der Waals surface area (Å²) in [5, 5.41) is 13.1. The Bertz CT molecular complexity index is 704. The van der Waals surface area contributed by atoms with Crippen molar-refractivity contribution in [3.05, 3.63) is 35.4 Å². The summed E-state index contributed by atoms with van der Waals surface area (Å²) in [7, 11) is 0. The number of imide groups is 1. The number of urea groups is 1. The largest absolute Gasteiger partial charge is 0.386 e. The molecule has 2 N–H and O–H groups in total. The van der Waals surface area contributed by atoms with Crippen LogP contribution in [0.5, 0.6) is 0 Å². The van der Waals surface area contributed by atoms with Crippen molar-refractivity contribution in [2.24, 2.45) is 11.8 Å². The van der Waals surface area contributed by atoms with Crippen LogP contribution in [0.2, 0.25) is 0 Å². The standard InChI is InChI=1S/C17H18F2N2O3/c18-11-5-6-12(13(19)7-11)14(22)8-21-15(23)17(9-1-2-9,10-3-4-10)20-16(21)24/h5-7,9-10,14,22H,1-4,8H2,(H,20,24). The minimum Gasteiger partial charge on any atom is -0.386 e. The Labute approximate surface area is 137 Å². The number of hydrogen-bond donors (Lipinski definition) is 2. The maximum atomic E-state index is 13.8. The van der Waals surface area contributed by atoms with Crippen LogP contribution in [0.1, 0.15) is 37.4 Å². The van der Waals surface area contributed by atoms with Crippen molar-refractivity contribution in [2.75, 3.05) is 6.54 Å². The molecule has 1 aliphatic heterocycles. The predicted octanol–water partition coefficient (Wildman–Crippen LogP) is 2.11. The Balaban J connectivity index is 1.56. The lowest BCUT2D eigenvalue weighted by Gasteiger charge is -2.27. The molecule has 0 bridgehead atoms. The van der Waals surface area contributed by atoms with Gasteiger partial charge in [-0.1, -0.05) is 6.07 Å². The molecule has 1 aromatic rings. The molecule has 5 nitrogen and oxygen atoms in total. The lowest BCUT2D eigenvalue weighted by atomic mass is 9.87. The molecule has 0 spiro atoms. The first-order valence-electron chi connectivity index (χ1n) is 8.20. The van der Waals surface area contributed by atoms with Gasteiger partial charge >= 0.3 is 6.03 Å². The van der Waals surface area contributed by atoms with Crippen LogP contribution in [0.15, 0.2) is 18.2 Å². The Morgan fingerprint density at radius 3 is 2.38 bits per heavy atom. The molecule has 1 saturated heterocycles. The van der Waals surface area contributed by atoms with E-state index in [9.17, 15) is 23.5 Å². The summed E-state index contributed by atoms with van der Waals surface area (Å²) in [4.78, 5) is 26.2. The van der Waals surface area contributed by atoms with Crippen molar-refractivity contribution in [3.63, 3.8) is 0 Å². The van der Waals surface area contributed by atoms with Crippen LogP contribution in [0.4, 0.5) is 13.6 Å². The number of aliphatic hydroxyl groups is 1. The second-order valence-corrected chi connectivity index (χ2v) is 6.95. The zero-order valence-corrected chi connectivity index (χ0v) is 13.0. The van der Waals surface area contributed by atoms with Crippen molar-refractivity contribution in [1.29, 1.82) is 0 Å². The molecular weight excluding hydrogens is 318 g/mol. The molecule has 3 aliphatic rings. The van der Waals surface area contributed by atoms with Gasteiger partial charge in [0.2, 0.25) is 0 Å². The monoisotopic (exact) mass is 336 g/mol. The van der Waals surface area contributed by atoms with E-state index in [4.69, 9.17) is 0 Å². The molecule has 0 radical (unpaired) electrons. The number of nitrogens with zero attached hydrogens (tertiary/aromatic N) is 1. The average molecular weight is 336 g/mol. The summed E-state index contributed by atoms with van der Waals surface area (Å²) < 4.78 is 26.8.